The van der Waals surface area contributed by atoms with Crippen LogP contribution in [0.25, 0.3) is 0 Å². The van der Waals surface area contributed by atoms with E-state index in [1.807, 2.05) is 0 Å². The van der Waals surface area contributed by atoms with E-state index < -0.39 is 84.5 Å². The molecule has 5 aromatic carbocycles. The van der Waals surface area contributed by atoms with Gasteiger partial charge in [0.1, 0.15) is 30.4 Å². The molecular formula is C45H38Br2F2O12. The van der Waals surface area contributed by atoms with Crippen molar-refractivity contribution < 1.29 is 65.9 Å². The second-order valence-corrected chi connectivity index (χ2v) is 14.0. The molecule has 2 aliphatic rings. The summed E-state index contributed by atoms with van der Waals surface area (Å²) in [6.07, 6.45) is -9.98. The lowest BCUT2D eigenvalue weighted by Crippen LogP contribution is -2.37. The third-order valence-corrected chi connectivity index (χ3v) is 9.72. The zero-order chi connectivity index (χ0) is 42.4. The van der Waals surface area contributed by atoms with Gasteiger partial charge >= 0.3 is 29.8 Å². The molecule has 0 spiro atoms. The maximum atomic E-state index is 15.3. The van der Waals surface area contributed by atoms with Gasteiger partial charge in [-0.05, 0) is 60.7 Å². The Labute approximate surface area is 367 Å². The molecule has 2 heterocycles. The van der Waals surface area contributed by atoms with Gasteiger partial charge in [0, 0.05) is 0 Å². The molecule has 8 atom stereocenters. The summed E-state index contributed by atoms with van der Waals surface area (Å²) in [5.74, 6) is -3.47. The van der Waals surface area contributed by atoms with Crippen molar-refractivity contribution in [3.63, 3.8) is 0 Å². The summed E-state index contributed by atoms with van der Waals surface area (Å²) in [5, 5.41) is -0.948. The number of benzene rings is 5. The zero-order valence-electron chi connectivity index (χ0n) is 31.9. The molecule has 0 aliphatic carbocycles. The molecule has 2 unspecified atom stereocenters. The molecule has 7 rings (SSSR count). The SMILES string of the molecule is Br.O=C(OC[C@H]1O[C@@H](OC(=O)c2ccccc2)[C@H](F)C1OC(=O)c1ccccc1)c1ccccc1.O=C(OC[C@H]1O[C@H](Br)[C@H](F)C1OC(=O)c1ccccc1)c1ccccc1. The van der Waals surface area contributed by atoms with Crippen LogP contribution in [0.15, 0.2) is 152 Å². The molecule has 16 heteroatoms. The fourth-order valence-electron chi connectivity index (χ4n) is 5.91. The first-order valence-electron chi connectivity index (χ1n) is 18.5. The predicted octanol–water partition coefficient (Wildman–Crippen LogP) is 8.09. The first-order chi connectivity index (χ1) is 29.1. The Hall–Kier alpha value is -5.81. The summed E-state index contributed by atoms with van der Waals surface area (Å²) < 4.78 is 66.8. The van der Waals surface area contributed by atoms with Gasteiger partial charge in [-0.25, -0.2) is 32.8 Å². The predicted molar refractivity (Wildman–Crippen MR) is 223 cm³/mol. The fraction of sp³-hybridized carbons (Fsp3) is 0.222. The highest BCUT2D eigenvalue weighted by Gasteiger charge is 2.51. The van der Waals surface area contributed by atoms with E-state index in [2.05, 4.69) is 15.9 Å². The number of ether oxygens (including phenoxy) is 7. The normalized spacial score (nSPS) is 22.5. The molecular weight excluding hydrogens is 930 g/mol. The number of carbonyl (C=O) groups excluding carboxylic acids is 5. The van der Waals surface area contributed by atoms with Crippen LogP contribution in [0.5, 0.6) is 0 Å². The van der Waals surface area contributed by atoms with Gasteiger partial charge < -0.3 is 33.2 Å². The van der Waals surface area contributed by atoms with Gasteiger partial charge in [0.2, 0.25) is 12.5 Å². The van der Waals surface area contributed by atoms with E-state index in [0.29, 0.717) is 16.7 Å². The van der Waals surface area contributed by atoms with Crippen molar-refractivity contribution in [2.24, 2.45) is 0 Å². The fourth-order valence-corrected chi connectivity index (χ4v) is 6.49. The van der Waals surface area contributed by atoms with Crippen molar-refractivity contribution in [1.29, 1.82) is 0 Å². The lowest BCUT2D eigenvalue weighted by atomic mass is 10.1. The molecule has 61 heavy (non-hydrogen) atoms. The lowest BCUT2D eigenvalue weighted by molar-refractivity contribution is -0.129. The van der Waals surface area contributed by atoms with E-state index in [9.17, 15) is 28.4 Å². The minimum Gasteiger partial charge on any atom is -0.459 e. The van der Waals surface area contributed by atoms with Gasteiger partial charge in [-0.3, -0.25) is 0 Å². The number of hydrogen-bond donors (Lipinski definition) is 0. The number of esters is 5. The van der Waals surface area contributed by atoms with Crippen LogP contribution in [0, 0.1) is 0 Å². The summed E-state index contributed by atoms with van der Waals surface area (Å²) in [6, 6.07) is 40.9. The Morgan fingerprint density at radius 1 is 0.443 bits per heavy atom. The molecule has 0 aromatic heterocycles. The highest BCUT2D eigenvalue weighted by atomic mass is 79.9. The third kappa shape index (κ3) is 12.6. The summed E-state index contributed by atoms with van der Waals surface area (Å²) >= 11 is 3.05. The average Bonchev–Trinajstić information content (AvgIpc) is 3.74. The molecule has 0 amide bonds. The molecule has 0 saturated carbocycles. The first-order valence-corrected chi connectivity index (χ1v) is 19.5. The second-order valence-electron chi connectivity index (χ2n) is 13.1. The average molecular weight is 969 g/mol. The first kappa shape index (κ1) is 46.3. The Balaban J connectivity index is 0.000000235. The van der Waals surface area contributed by atoms with Gasteiger partial charge in [-0.15, -0.1) is 17.0 Å². The maximum absolute atomic E-state index is 15.3. The summed E-state index contributed by atoms with van der Waals surface area (Å²) in [6.45, 7) is -0.650. The van der Waals surface area contributed by atoms with Crippen molar-refractivity contribution in [3.8, 4) is 0 Å². The van der Waals surface area contributed by atoms with Crippen molar-refractivity contribution in [2.45, 2.75) is 48.1 Å². The van der Waals surface area contributed by atoms with Gasteiger partial charge in [-0.1, -0.05) is 107 Å². The number of alkyl halides is 3. The molecule has 0 radical (unpaired) electrons. The molecule has 2 aliphatic heterocycles. The molecule has 0 bridgehead atoms. The lowest BCUT2D eigenvalue weighted by Gasteiger charge is -2.19. The number of carbonyl (C=O) groups is 5. The van der Waals surface area contributed by atoms with Gasteiger partial charge in [0.25, 0.3) is 0 Å². The van der Waals surface area contributed by atoms with Crippen LogP contribution in [0.3, 0.4) is 0 Å². The van der Waals surface area contributed by atoms with Crippen molar-refractivity contribution in [2.75, 3.05) is 13.2 Å². The molecule has 5 aromatic rings. The smallest absolute Gasteiger partial charge is 0.340 e. The van der Waals surface area contributed by atoms with Crippen LogP contribution in [0.2, 0.25) is 0 Å². The van der Waals surface area contributed by atoms with Crippen molar-refractivity contribution in [3.05, 3.63) is 179 Å². The summed E-state index contributed by atoms with van der Waals surface area (Å²) in [7, 11) is 0. The quantitative estimate of drug-likeness (QED) is 0.0676. The van der Waals surface area contributed by atoms with E-state index in [0.717, 1.165) is 0 Å². The Kier molecular flexibility index (Phi) is 17.2. The third-order valence-electron chi connectivity index (χ3n) is 9.00. The monoisotopic (exact) mass is 966 g/mol. The largest absolute Gasteiger partial charge is 0.459 e. The molecule has 12 nitrogen and oxygen atoms in total. The molecule has 2 saturated heterocycles. The maximum Gasteiger partial charge on any atom is 0.340 e. The van der Waals surface area contributed by atoms with Crippen molar-refractivity contribution >= 4 is 62.8 Å². The minimum atomic E-state index is -2.00. The van der Waals surface area contributed by atoms with Crippen LogP contribution in [-0.4, -0.2) is 91.1 Å². The topological polar surface area (TPSA) is 150 Å². The van der Waals surface area contributed by atoms with E-state index >= 15 is 4.39 Å². The minimum absolute atomic E-state index is 0. The standard InChI is InChI=1S/C26H21FO7.C19H16BrFO5.BrH/c27-21-22(33-24(29)18-12-6-2-7-13-18)20(16-31-23(28)17-10-4-1-5-11-17)32-26(21)34-25(30)19-14-8-3-9-15-19;20-17-15(21)16(26-19(23)13-9-5-2-6-10-13)14(25-17)11-24-18(22)12-7-3-1-4-8-12;/h1-15,20-22,26H,16H2;1-10,14-17H,11H2;1H/t20-,21-,22?,26+;14-,15-,16?,17+;/m11./s1. The van der Waals surface area contributed by atoms with Gasteiger partial charge in [0.05, 0.1) is 27.8 Å². The Bertz CT molecular complexity index is 2190. The van der Waals surface area contributed by atoms with Crippen LogP contribution >= 0.6 is 32.9 Å². The van der Waals surface area contributed by atoms with Gasteiger partial charge in [-0.2, -0.15) is 0 Å². The highest BCUT2D eigenvalue weighted by molar-refractivity contribution is 9.09. The molecule has 2 fully saturated rings. The Morgan fingerprint density at radius 2 is 0.738 bits per heavy atom. The molecule has 0 N–H and O–H groups in total. The van der Waals surface area contributed by atoms with Crippen LogP contribution in [0.1, 0.15) is 51.8 Å². The summed E-state index contributed by atoms with van der Waals surface area (Å²) in [5.41, 5.74) is 1.38. The van der Waals surface area contributed by atoms with E-state index in [1.165, 1.54) is 24.3 Å². The van der Waals surface area contributed by atoms with Crippen molar-refractivity contribution in [1.82, 2.24) is 0 Å². The zero-order valence-corrected chi connectivity index (χ0v) is 35.2. The highest BCUT2D eigenvalue weighted by Crippen LogP contribution is 2.32. The van der Waals surface area contributed by atoms with Crippen LogP contribution in [0.4, 0.5) is 8.78 Å². The van der Waals surface area contributed by atoms with E-state index in [-0.39, 0.29) is 34.7 Å². The number of rotatable bonds is 12. The van der Waals surface area contributed by atoms with Gasteiger partial charge in [0.15, 0.2) is 18.4 Å². The Morgan fingerprint density at radius 3 is 1.10 bits per heavy atom. The summed E-state index contributed by atoms with van der Waals surface area (Å²) in [4.78, 5) is 61.5. The van der Waals surface area contributed by atoms with E-state index in [1.54, 1.807) is 127 Å². The molecule has 318 valence electrons. The number of halogens is 4. The van der Waals surface area contributed by atoms with E-state index in [4.69, 9.17) is 33.2 Å². The van der Waals surface area contributed by atoms with Crippen LogP contribution in [-0.2, 0) is 33.2 Å². The second kappa shape index (κ2) is 22.7. The number of hydrogen-bond acceptors (Lipinski definition) is 12. The van der Waals surface area contributed by atoms with Crippen LogP contribution < -0.4 is 0 Å².